The molecule has 6 aromatic rings. The van der Waals surface area contributed by atoms with E-state index in [1.807, 2.05) is 146 Å². The fraction of sp³-hybridized carbons (Fsp3) is 0.345. The molecule has 326 valence electrons. The first kappa shape index (κ1) is 46.8. The van der Waals surface area contributed by atoms with Gasteiger partial charge in [-0.25, -0.2) is 0 Å². The van der Waals surface area contributed by atoms with E-state index in [1.165, 1.54) is 0 Å². The van der Waals surface area contributed by atoms with E-state index in [0.717, 1.165) is 33.4 Å². The van der Waals surface area contributed by atoms with Crippen molar-refractivity contribution in [3.8, 4) is 0 Å². The van der Waals surface area contributed by atoms with E-state index in [1.54, 1.807) is 0 Å². The van der Waals surface area contributed by atoms with Gasteiger partial charge in [0.1, 0.15) is 5.60 Å². The van der Waals surface area contributed by atoms with Crippen LogP contribution in [0, 0.1) is 0 Å². The second kappa shape index (κ2) is 22.1. The van der Waals surface area contributed by atoms with Crippen LogP contribution in [0.4, 0.5) is 0 Å². The number of hydrogen-bond donors (Lipinski definition) is 1. The van der Waals surface area contributed by atoms with E-state index in [-0.39, 0.29) is 26.2 Å². The Balaban J connectivity index is 1.54. The molecule has 1 atom stereocenters. The van der Waals surface area contributed by atoms with Crippen LogP contribution in [0.2, 0.25) is 16.6 Å². The third-order valence-electron chi connectivity index (χ3n) is 12.1. The normalized spacial score (nSPS) is 13.5. The first-order valence-corrected chi connectivity index (χ1v) is 24.5. The van der Waals surface area contributed by atoms with Gasteiger partial charge >= 0.3 is 5.97 Å². The van der Waals surface area contributed by atoms with Gasteiger partial charge < -0.3 is 28.5 Å². The van der Waals surface area contributed by atoms with Gasteiger partial charge in [0.15, 0.2) is 8.32 Å². The predicted octanol–water partition coefficient (Wildman–Crippen LogP) is 13.4. The maximum absolute atomic E-state index is 13.8. The van der Waals surface area contributed by atoms with E-state index in [0.29, 0.717) is 36.1 Å². The molecule has 0 saturated carbocycles. The Morgan fingerprint density at radius 1 is 0.435 bits per heavy atom. The lowest BCUT2D eigenvalue weighted by Crippen LogP contribution is -2.64. The van der Waals surface area contributed by atoms with Crippen LogP contribution in [0.3, 0.4) is 0 Å². The van der Waals surface area contributed by atoms with Crippen LogP contribution in [0.25, 0.3) is 0 Å². The molecule has 0 saturated heterocycles. The molecule has 0 bridgehead atoms. The van der Waals surface area contributed by atoms with E-state index in [4.69, 9.17) is 23.4 Å². The van der Waals surface area contributed by atoms with Crippen molar-refractivity contribution in [2.45, 2.75) is 115 Å². The second-order valence-electron chi connectivity index (χ2n) is 17.2. The third kappa shape index (κ3) is 10.9. The Hall–Kier alpha value is -4.70. The standard InChI is InChI=1S/C55H66O6Si/c1-44(2)62(45(3)4,46(5)6)60-40-26-25-39-53(56,57-41-47-27-13-7-14-28-47)55(58-42-48-29-15-8-16-30-48,59-43-49-31-17-9-18-32-49)61-54(50-33-19-10-20-34-50,51-35-21-11-22-36-51)52-37-23-12-24-38-52/h7-24,27-38,44-46,56H,25-26,39-43H2,1-6H3. The van der Waals surface area contributed by atoms with Gasteiger partial charge in [0.25, 0.3) is 5.79 Å². The topological polar surface area (TPSA) is 66.4 Å². The van der Waals surface area contributed by atoms with Crippen LogP contribution < -0.4 is 0 Å². The molecule has 0 aromatic heterocycles. The monoisotopic (exact) mass is 850 g/mol. The first-order chi connectivity index (χ1) is 30.0. The summed E-state index contributed by atoms with van der Waals surface area (Å²) >= 11 is 0. The highest BCUT2D eigenvalue weighted by Gasteiger charge is 2.61. The van der Waals surface area contributed by atoms with Gasteiger partial charge in [-0.1, -0.05) is 224 Å². The summed E-state index contributed by atoms with van der Waals surface area (Å²) in [7, 11) is -2.13. The van der Waals surface area contributed by atoms with E-state index in [9.17, 15) is 5.11 Å². The van der Waals surface area contributed by atoms with Crippen molar-refractivity contribution in [3.63, 3.8) is 0 Å². The zero-order valence-corrected chi connectivity index (χ0v) is 38.5. The molecule has 6 nitrogen and oxygen atoms in total. The Kier molecular flexibility index (Phi) is 16.7. The number of aliphatic hydroxyl groups is 1. The summed E-state index contributed by atoms with van der Waals surface area (Å²) in [5.41, 5.74) is 5.10. The minimum Gasteiger partial charge on any atom is -0.416 e. The average Bonchev–Trinajstić information content (AvgIpc) is 3.31. The van der Waals surface area contributed by atoms with Crippen LogP contribution >= 0.6 is 0 Å². The number of hydrogen-bond acceptors (Lipinski definition) is 6. The maximum Gasteiger partial charge on any atom is 0.342 e. The third-order valence-corrected chi connectivity index (χ3v) is 18.3. The molecular formula is C55H66O6Si. The van der Waals surface area contributed by atoms with E-state index in [2.05, 4.69) is 77.9 Å². The van der Waals surface area contributed by atoms with Gasteiger partial charge in [0.05, 0.1) is 19.8 Å². The molecule has 0 heterocycles. The highest BCUT2D eigenvalue weighted by Crippen LogP contribution is 2.49. The van der Waals surface area contributed by atoms with Gasteiger partial charge in [-0.2, -0.15) is 0 Å². The number of rotatable bonds is 24. The van der Waals surface area contributed by atoms with Crippen molar-refractivity contribution in [2.24, 2.45) is 0 Å². The van der Waals surface area contributed by atoms with Crippen LogP contribution in [-0.4, -0.2) is 31.8 Å². The van der Waals surface area contributed by atoms with Crippen molar-refractivity contribution in [1.29, 1.82) is 0 Å². The van der Waals surface area contributed by atoms with Crippen molar-refractivity contribution in [3.05, 3.63) is 215 Å². The summed E-state index contributed by atoms with van der Waals surface area (Å²) in [6, 6.07) is 60.0. The van der Waals surface area contributed by atoms with E-state index >= 15 is 0 Å². The molecule has 62 heavy (non-hydrogen) atoms. The fourth-order valence-electron chi connectivity index (χ4n) is 9.11. The van der Waals surface area contributed by atoms with Crippen LogP contribution in [0.15, 0.2) is 182 Å². The summed E-state index contributed by atoms with van der Waals surface area (Å²) < 4.78 is 36.1. The molecule has 6 aromatic carbocycles. The average molecular weight is 851 g/mol. The summed E-state index contributed by atoms with van der Waals surface area (Å²) in [5.74, 6) is -4.43. The highest BCUT2D eigenvalue weighted by atomic mass is 28.4. The SMILES string of the molecule is CC(C)[Si](OCCCCC(O)(OCc1ccccc1)C(OCc1ccccc1)(OCc1ccccc1)OC(c1ccccc1)(c1ccccc1)c1ccccc1)(C(C)C)C(C)C. The van der Waals surface area contributed by atoms with Crippen molar-refractivity contribution in [1.82, 2.24) is 0 Å². The van der Waals surface area contributed by atoms with Crippen LogP contribution in [0.1, 0.15) is 94.2 Å². The number of ether oxygens (including phenoxy) is 4. The first-order valence-electron chi connectivity index (χ1n) is 22.3. The molecule has 7 heteroatoms. The number of unbranched alkanes of at least 4 members (excludes halogenated alkanes) is 1. The van der Waals surface area contributed by atoms with Crippen molar-refractivity contribution >= 4 is 8.32 Å². The summed E-state index contributed by atoms with van der Waals surface area (Å²) in [5, 5.41) is 13.8. The fourth-order valence-corrected chi connectivity index (χ4v) is 14.6. The quantitative estimate of drug-likeness (QED) is 0.0283. The summed E-state index contributed by atoms with van der Waals surface area (Å²) in [4.78, 5) is 0. The molecule has 0 amide bonds. The van der Waals surface area contributed by atoms with Crippen molar-refractivity contribution in [2.75, 3.05) is 6.61 Å². The minimum atomic E-state index is -2.25. The van der Waals surface area contributed by atoms with Gasteiger partial charge in [-0.05, 0) is 62.8 Å². The molecule has 0 fully saturated rings. The van der Waals surface area contributed by atoms with Crippen molar-refractivity contribution < 1.29 is 28.5 Å². The van der Waals surface area contributed by atoms with Gasteiger partial charge in [-0.3, -0.25) is 0 Å². The molecule has 0 radical (unpaired) electrons. The Morgan fingerprint density at radius 3 is 1.10 bits per heavy atom. The highest BCUT2D eigenvalue weighted by molar-refractivity contribution is 6.77. The zero-order chi connectivity index (χ0) is 43.9. The van der Waals surface area contributed by atoms with Crippen LogP contribution in [-0.2, 0) is 48.8 Å². The molecule has 0 aliphatic heterocycles. The van der Waals surface area contributed by atoms with Gasteiger partial charge in [0, 0.05) is 13.0 Å². The molecule has 6 rings (SSSR count). The zero-order valence-electron chi connectivity index (χ0n) is 37.5. The largest absolute Gasteiger partial charge is 0.416 e. The second-order valence-corrected chi connectivity index (χ2v) is 22.6. The molecule has 0 spiro atoms. The lowest BCUT2D eigenvalue weighted by Gasteiger charge is -2.50. The molecular weight excluding hydrogens is 785 g/mol. The van der Waals surface area contributed by atoms with E-state index < -0.39 is 25.7 Å². The van der Waals surface area contributed by atoms with Crippen LogP contribution in [0.5, 0.6) is 0 Å². The molecule has 0 aliphatic rings. The van der Waals surface area contributed by atoms with Gasteiger partial charge in [0.2, 0.25) is 0 Å². The molecule has 1 N–H and O–H groups in total. The lowest BCUT2D eigenvalue weighted by atomic mass is 9.79. The smallest absolute Gasteiger partial charge is 0.342 e. The Labute approximate surface area is 372 Å². The molecule has 0 aliphatic carbocycles. The van der Waals surface area contributed by atoms with Gasteiger partial charge in [-0.15, -0.1) is 0 Å². The summed E-state index contributed by atoms with van der Waals surface area (Å²) in [6.45, 7) is 14.6. The maximum atomic E-state index is 13.8. The lowest BCUT2D eigenvalue weighted by molar-refractivity contribution is -0.514. The number of benzene rings is 6. The summed E-state index contributed by atoms with van der Waals surface area (Å²) in [6.07, 6.45) is 1.33. The predicted molar refractivity (Wildman–Crippen MR) is 253 cm³/mol. The molecule has 1 unspecified atom stereocenters. The Morgan fingerprint density at radius 2 is 0.758 bits per heavy atom. The Bertz CT molecular complexity index is 1990. The minimum absolute atomic E-state index is 0.0511.